The monoisotopic (exact) mass is 248 g/mol. The van der Waals surface area contributed by atoms with Crippen LogP contribution in [-0.4, -0.2) is 19.7 Å². The molecular weight excluding hydrogens is 228 g/mol. The first-order chi connectivity index (χ1) is 8.72. The zero-order valence-corrected chi connectivity index (χ0v) is 11.0. The first-order valence-corrected chi connectivity index (χ1v) is 6.48. The maximum absolute atomic E-state index is 11.8. The largest absolute Gasteiger partial charge is 0.492 e. The predicted molar refractivity (Wildman–Crippen MR) is 69.5 cm³/mol. The van der Waals surface area contributed by atoms with E-state index in [1.807, 2.05) is 31.2 Å². The summed E-state index contributed by atoms with van der Waals surface area (Å²) in [6, 6.07) is 7.86. The Morgan fingerprint density at radius 3 is 2.67 bits per heavy atom. The summed E-state index contributed by atoms with van der Waals surface area (Å²) < 4.78 is 10.6. The summed E-state index contributed by atoms with van der Waals surface area (Å²) in [6.07, 6.45) is 3.43. The lowest BCUT2D eigenvalue weighted by Crippen LogP contribution is -2.34. The Morgan fingerprint density at radius 2 is 2.11 bits per heavy atom. The van der Waals surface area contributed by atoms with E-state index >= 15 is 0 Å². The minimum absolute atomic E-state index is 0.122. The third kappa shape index (κ3) is 2.84. The molecule has 0 aromatic heterocycles. The van der Waals surface area contributed by atoms with Gasteiger partial charge in [0.25, 0.3) is 0 Å². The molecule has 1 aliphatic rings. The molecule has 1 unspecified atom stereocenters. The van der Waals surface area contributed by atoms with Crippen LogP contribution in [-0.2, 0) is 9.53 Å². The number of para-hydroxylation sites is 1. The van der Waals surface area contributed by atoms with Crippen molar-refractivity contribution < 1.29 is 14.3 Å². The van der Waals surface area contributed by atoms with Crippen LogP contribution in [0.5, 0.6) is 5.75 Å². The molecule has 0 spiro atoms. The number of aryl methyl sites for hydroxylation is 1. The fourth-order valence-electron chi connectivity index (χ4n) is 2.29. The molecule has 1 fully saturated rings. The van der Waals surface area contributed by atoms with Gasteiger partial charge in [-0.1, -0.05) is 24.6 Å². The summed E-state index contributed by atoms with van der Waals surface area (Å²) in [5.41, 5.74) is 1.09. The van der Waals surface area contributed by atoms with E-state index in [4.69, 9.17) is 9.47 Å². The number of ether oxygens (including phenoxy) is 2. The molecule has 1 aliphatic carbocycles. The van der Waals surface area contributed by atoms with Crippen molar-refractivity contribution in [3.63, 3.8) is 0 Å². The van der Waals surface area contributed by atoms with E-state index in [0.29, 0.717) is 12.5 Å². The lowest BCUT2D eigenvalue weighted by Gasteiger charge is -2.31. The van der Waals surface area contributed by atoms with Gasteiger partial charge in [0.15, 0.2) is 0 Å². The quantitative estimate of drug-likeness (QED) is 0.751. The summed E-state index contributed by atoms with van der Waals surface area (Å²) in [7, 11) is 1.45. The molecule has 0 saturated heterocycles. The van der Waals surface area contributed by atoms with Gasteiger partial charge in [-0.2, -0.15) is 0 Å². The fourth-order valence-corrected chi connectivity index (χ4v) is 2.29. The molecule has 0 radical (unpaired) electrons. The van der Waals surface area contributed by atoms with Gasteiger partial charge in [-0.3, -0.25) is 4.79 Å². The van der Waals surface area contributed by atoms with E-state index in [1.165, 1.54) is 13.5 Å². The van der Waals surface area contributed by atoms with Crippen molar-refractivity contribution in [3.05, 3.63) is 29.8 Å². The van der Waals surface area contributed by atoms with Crippen molar-refractivity contribution in [1.29, 1.82) is 0 Å². The first-order valence-electron chi connectivity index (χ1n) is 6.48. The van der Waals surface area contributed by atoms with Crippen molar-refractivity contribution in [3.8, 4) is 5.75 Å². The highest BCUT2D eigenvalue weighted by Crippen LogP contribution is 2.34. The molecule has 2 rings (SSSR count). The number of hydrogen-bond donors (Lipinski definition) is 0. The second kappa shape index (κ2) is 5.89. The van der Waals surface area contributed by atoms with E-state index in [9.17, 15) is 4.79 Å². The molecule has 0 aliphatic heterocycles. The van der Waals surface area contributed by atoms with E-state index in [2.05, 4.69) is 0 Å². The van der Waals surface area contributed by atoms with Crippen LogP contribution in [0.15, 0.2) is 24.3 Å². The van der Waals surface area contributed by atoms with Crippen molar-refractivity contribution in [2.45, 2.75) is 26.2 Å². The summed E-state index contributed by atoms with van der Waals surface area (Å²) in [5.74, 6) is 1.02. The number of rotatable bonds is 5. The molecule has 0 bridgehead atoms. The zero-order chi connectivity index (χ0) is 13.0. The second-order valence-corrected chi connectivity index (χ2v) is 4.90. The Labute approximate surface area is 108 Å². The van der Waals surface area contributed by atoms with Crippen LogP contribution in [0.1, 0.15) is 24.8 Å². The van der Waals surface area contributed by atoms with Gasteiger partial charge >= 0.3 is 5.97 Å². The molecule has 0 heterocycles. The fraction of sp³-hybridized carbons (Fsp3) is 0.533. The highest BCUT2D eigenvalue weighted by atomic mass is 16.5. The van der Waals surface area contributed by atoms with Gasteiger partial charge in [0, 0.05) is 0 Å². The molecule has 1 aromatic carbocycles. The maximum Gasteiger partial charge on any atom is 0.312 e. The Morgan fingerprint density at radius 1 is 1.39 bits per heavy atom. The number of benzene rings is 1. The molecule has 1 saturated carbocycles. The van der Waals surface area contributed by atoms with Crippen LogP contribution in [0.25, 0.3) is 0 Å². The molecule has 18 heavy (non-hydrogen) atoms. The third-order valence-corrected chi connectivity index (χ3v) is 3.73. The molecule has 1 aromatic rings. The third-order valence-electron chi connectivity index (χ3n) is 3.73. The average molecular weight is 248 g/mol. The van der Waals surface area contributed by atoms with Crippen molar-refractivity contribution in [1.82, 2.24) is 0 Å². The van der Waals surface area contributed by atoms with Crippen LogP contribution < -0.4 is 4.74 Å². The van der Waals surface area contributed by atoms with E-state index in [0.717, 1.165) is 24.2 Å². The molecular formula is C15H20O3. The van der Waals surface area contributed by atoms with E-state index in [1.54, 1.807) is 0 Å². The number of carbonyl (C=O) groups is 1. The van der Waals surface area contributed by atoms with Gasteiger partial charge in [0.05, 0.1) is 13.0 Å². The van der Waals surface area contributed by atoms with Gasteiger partial charge in [0.1, 0.15) is 12.4 Å². The Kier molecular flexibility index (Phi) is 4.24. The predicted octanol–water partition coefficient (Wildman–Crippen LogP) is 2.96. The smallest absolute Gasteiger partial charge is 0.312 e. The summed E-state index contributed by atoms with van der Waals surface area (Å²) in [4.78, 5) is 11.8. The normalized spacial score (nSPS) is 16.8. The second-order valence-electron chi connectivity index (χ2n) is 4.90. The number of carbonyl (C=O) groups excluding carboxylic acids is 1. The van der Waals surface area contributed by atoms with Crippen LogP contribution in [0, 0.1) is 18.8 Å². The lowest BCUT2D eigenvalue weighted by atomic mass is 9.76. The number of hydrogen-bond acceptors (Lipinski definition) is 3. The Balaban J connectivity index is 1.97. The van der Waals surface area contributed by atoms with Crippen LogP contribution in [0.3, 0.4) is 0 Å². The van der Waals surface area contributed by atoms with Gasteiger partial charge in [-0.25, -0.2) is 0 Å². The standard InChI is InChI=1S/C15H20O3/c1-11-6-3-4-9-14(11)18-10-13(15(16)17-2)12-7-5-8-12/h3-4,6,9,12-13H,5,7-8,10H2,1-2H3. The molecule has 3 nitrogen and oxygen atoms in total. The van der Waals surface area contributed by atoms with Crippen LogP contribution >= 0.6 is 0 Å². The van der Waals surface area contributed by atoms with Crippen LogP contribution in [0.2, 0.25) is 0 Å². The average Bonchev–Trinajstić information content (AvgIpc) is 2.32. The molecule has 0 amide bonds. The minimum atomic E-state index is -0.145. The van der Waals surface area contributed by atoms with Gasteiger partial charge in [0.2, 0.25) is 0 Å². The van der Waals surface area contributed by atoms with Gasteiger partial charge < -0.3 is 9.47 Å². The molecule has 1 atom stereocenters. The number of methoxy groups -OCH3 is 1. The highest BCUT2D eigenvalue weighted by molar-refractivity contribution is 5.73. The lowest BCUT2D eigenvalue weighted by molar-refractivity contribution is -0.150. The minimum Gasteiger partial charge on any atom is -0.492 e. The summed E-state index contributed by atoms with van der Waals surface area (Å²) >= 11 is 0. The van der Waals surface area contributed by atoms with E-state index < -0.39 is 0 Å². The Hall–Kier alpha value is -1.51. The SMILES string of the molecule is COC(=O)C(COc1ccccc1C)C1CCC1. The van der Waals surface area contributed by atoms with Gasteiger partial charge in [-0.15, -0.1) is 0 Å². The number of esters is 1. The zero-order valence-electron chi connectivity index (χ0n) is 11.0. The molecule has 3 heteroatoms. The Bertz CT molecular complexity index is 410. The van der Waals surface area contributed by atoms with Crippen molar-refractivity contribution in [2.75, 3.05) is 13.7 Å². The van der Waals surface area contributed by atoms with Crippen molar-refractivity contribution >= 4 is 5.97 Å². The topological polar surface area (TPSA) is 35.5 Å². The molecule has 0 N–H and O–H groups in total. The van der Waals surface area contributed by atoms with Gasteiger partial charge in [-0.05, 0) is 37.3 Å². The van der Waals surface area contributed by atoms with Crippen molar-refractivity contribution in [2.24, 2.45) is 11.8 Å². The van der Waals surface area contributed by atoms with E-state index in [-0.39, 0.29) is 11.9 Å². The summed E-state index contributed by atoms with van der Waals surface area (Å²) in [5, 5.41) is 0. The highest BCUT2D eigenvalue weighted by Gasteiger charge is 2.34. The molecule has 98 valence electrons. The maximum atomic E-state index is 11.8. The summed E-state index contributed by atoms with van der Waals surface area (Å²) in [6.45, 7) is 2.42. The first kappa shape index (κ1) is 12.9. The van der Waals surface area contributed by atoms with Crippen LogP contribution in [0.4, 0.5) is 0 Å².